The summed E-state index contributed by atoms with van der Waals surface area (Å²) in [6.07, 6.45) is -0.0931. The van der Waals surface area contributed by atoms with Crippen molar-refractivity contribution in [2.24, 2.45) is 46.0 Å². The van der Waals surface area contributed by atoms with Gasteiger partial charge in [-0.25, -0.2) is 0 Å². The van der Waals surface area contributed by atoms with Gasteiger partial charge >= 0.3 is 0 Å². The molecule has 1 amide bonds. The molecule has 5 atom stereocenters. The highest BCUT2D eigenvalue weighted by Gasteiger charge is 2.66. The van der Waals surface area contributed by atoms with Crippen LogP contribution in [0.2, 0.25) is 0 Å². The van der Waals surface area contributed by atoms with E-state index in [1.165, 1.54) is 0 Å². The molecule has 204 valence electrons. The number of guanidine groups is 1. The second-order valence-corrected chi connectivity index (χ2v) is 11.4. The van der Waals surface area contributed by atoms with Gasteiger partial charge in [0.1, 0.15) is 5.75 Å². The normalized spacial score (nSPS) is 29.3. The Hall–Kier alpha value is -3.60. The van der Waals surface area contributed by atoms with Gasteiger partial charge in [0.15, 0.2) is 40.6 Å². The minimum absolute atomic E-state index is 0.0469. The van der Waals surface area contributed by atoms with Crippen LogP contribution >= 0.6 is 0 Å². The van der Waals surface area contributed by atoms with Crippen LogP contribution in [-0.4, -0.2) is 57.4 Å². The molecule has 3 aliphatic carbocycles. The molecule has 7 N–H and O–H groups in total. The average Bonchev–Trinajstić information content (AvgIpc) is 2.81. The van der Waals surface area contributed by atoms with Gasteiger partial charge in [-0.1, -0.05) is 27.7 Å². The molecule has 0 radical (unpaired) electrons. The Balaban J connectivity index is 1.80. The summed E-state index contributed by atoms with van der Waals surface area (Å²) in [4.78, 5) is 69.1. The molecule has 2 fully saturated rings. The number of phenolic OH excluding ortho intramolecular Hbond substituents is 1. The van der Waals surface area contributed by atoms with Crippen molar-refractivity contribution in [2.45, 2.75) is 58.5 Å². The maximum Gasteiger partial charge on any atom is 0.235 e. The van der Waals surface area contributed by atoms with E-state index in [-0.39, 0.29) is 48.3 Å². The Morgan fingerprint density at radius 2 is 1.79 bits per heavy atom. The zero-order valence-corrected chi connectivity index (χ0v) is 21.9. The van der Waals surface area contributed by atoms with Gasteiger partial charge in [0.05, 0.1) is 17.2 Å². The zero-order valence-electron chi connectivity index (χ0n) is 21.9. The first-order valence-corrected chi connectivity index (χ1v) is 12.8. The van der Waals surface area contributed by atoms with Crippen LogP contribution in [0.1, 0.15) is 67.9 Å². The van der Waals surface area contributed by atoms with E-state index >= 15 is 0 Å². The Kier molecular flexibility index (Phi) is 6.94. The molecule has 3 aliphatic rings. The van der Waals surface area contributed by atoms with Gasteiger partial charge in [-0.2, -0.15) is 0 Å². The summed E-state index contributed by atoms with van der Waals surface area (Å²) >= 11 is 0. The molecule has 2 saturated carbocycles. The number of fused-ring (bicyclic) bond motifs is 3. The third-order valence-corrected chi connectivity index (χ3v) is 7.95. The predicted octanol–water partition coefficient (Wildman–Crippen LogP) is 0.833. The van der Waals surface area contributed by atoms with Crippen molar-refractivity contribution in [2.75, 3.05) is 11.9 Å². The number of carbonyl (C=O) groups is 5. The number of carbonyl (C=O) groups excluding carboxylic acids is 5. The number of nitrogens with one attached hydrogen (secondary N) is 1. The van der Waals surface area contributed by atoms with Gasteiger partial charge < -0.3 is 27.0 Å². The van der Waals surface area contributed by atoms with Crippen LogP contribution in [0.3, 0.4) is 0 Å². The lowest BCUT2D eigenvalue weighted by Crippen LogP contribution is -2.68. The highest BCUT2D eigenvalue weighted by molar-refractivity contribution is 6.31. The van der Waals surface area contributed by atoms with Crippen molar-refractivity contribution >= 4 is 40.7 Å². The topological polar surface area (TPSA) is 202 Å². The molecule has 11 heteroatoms. The molecule has 11 nitrogen and oxygen atoms in total. The number of hydrogen-bond donors (Lipinski definition) is 5. The standard InChI is InChI=1S/C27H34N4O7/c1-10(2)9-30-26(29)31-16-8-14(11(3)4)15-6-12-5-13-7-17(32)20(25(28)37)24(36)27(13,38)23(35)18(12)22(34)19(15)21(16)33/h8,10-13,18,20,33,38H,5-7,9H2,1-4H3,(H2,28,37)(H3,29,30,31)/t12-,13+,18?,20?,27+/m1/s1. The van der Waals surface area contributed by atoms with Gasteiger partial charge in [0.2, 0.25) is 5.91 Å². The highest BCUT2D eigenvalue weighted by Crippen LogP contribution is 2.51. The van der Waals surface area contributed by atoms with Gasteiger partial charge in [0, 0.05) is 18.9 Å². The lowest BCUT2D eigenvalue weighted by atomic mass is 9.53. The van der Waals surface area contributed by atoms with Crippen LogP contribution in [0.15, 0.2) is 11.1 Å². The molecule has 0 saturated heterocycles. The van der Waals surface area contributed by atoms with E-state index in [0.29, 0.717) is 12.1 Å². The second kappa shape index (κ2) is 9.61. The molecule has 0 bridgehead atoms. The van der Waals surface area contributed by atoms with Crippen LogP contribution in [-0.2, 0) is 25.6 Å². The van der Waals surface area contributed by atoms with Crippen molar-refractivity contribution in [3.8, 4) is 5.75 Å². The fraction of sp³-hybridized carbons (Fsp3) is 0.556. The largest absolute Gasteiger partial charge is 0.505 e. The molecule has 0 spiro atoms. The molecule has 4 rings (SSSR count). The molecular formula is C27H34N4O7. The number of nitrogens with two attached hydrogens (primary N) is 2. The smallest absolute Gasteiger partial charge is 0.235 e. The average molecular weight is 527 g/mol. The van der Waals surface area contributed by atoms with E-state index in [4.69, 9.17) is 11.5 Å². The van der Waals surface area contributed by atoms with Crippen molar-refractivity contribution in [1.29, 1.82) is 0 Å². The summed E-state index contributed by atoms with van der Waals surface area (Å²) in [5.41, 5.74) is 9.96. The highest BCUT2D eigenvalue weighted by atomic mass is 16.3. The van der Waals surface area contributed by atoms with Gasteiger partial charge in [-0.05, 0) is 47.8 Å². The van der Waals surface area contributed by atoms with Gasteiger partial charge in [-0.15, -0.1) is 0 Å². The van der Waals surface area contributed by atoms with Crippen LogP contribution in [0.4, 0.5) is 5.69 Å². The molecule has 0 aliphatic heterocycles. The first-order valence-electron chi connectivity index (χ1n) is 12.8. The Bertz CT molecular complexity index is 1280. The Labute approximate surface area is 220 Å². The maximum absolute atomic E-state index is 13.9. The summed E-state index contributed by atoms with van der Waals surface area (Å²) < 4.78 is 0. The second-order valence-electron chi connectivity index (χ2n) is 11.4. The van der Waals surface area contributed by atoms with Gasteiger partial charge in [0.25, 0.3) is 0 Å². The van der Waals surface area contributed by atoms with Crippen LogP contribution in [0, 0.1) is 29.6 Å². The fourth-order valence-corrected chi connectivity index (χ4v) is 6.13. The Morgan fingerprint density at radius 3 is 2.37 bits per heavy atom. The van der Waals surface area contributed by atoms with Crippen molar-refractivity contribution < 1.29 is 34.2 Å². The maximum atomic E-state index is 13.9. The summed E-state index contributed by atoms with van der Waals surface area (Å²) in [6.45, 7) is 8.24. The third-order valence-electron chi connectivity index (χ3n) is 7.95. The summed E-state index contributed by atoms with van der Waals surface area (Å²) in [7, 11) is 0. The third kappa shape index (κ3) is 4.18. The number of primary amides is 1. The van der Waals surface area contributed by atoms with Crippen LogP contribution in [0.25, 0.3) is 0 Å². The first-order chi connectivity index (χ1) is 17.7. The number of aliphatic hydroxyl groups is 1. The van der Waals surface area contributed by atoms with Crippen molar-refractivity contribution in [3.63, 3.8) is 0 Å². The monoisotopic (exact) mass is 526 g/mol. The van der Waals surface area contributed by atoms with E-state index in [9.17, 15) is 34.2 Å². The number of Topliss-reactive ketones (excluding diaryl/α,β-unsaturated/α-hetero) is 4. The number of ketones is 4. The number of nitrogens with zero attached hydrogens (tertiary/aromatic N) is 1. The summed E-state index contributed by atoms with van der Waals surface area (Å²) in [5, 5.41) is 25.4. The van der Waals surface area contributed by atoms with E-state index in [2.05, 4.69) is 10.3 Å². The lowest BCUT2D eigenvalue weighted by Gasteiger charge is -2.48. The number of anilines is 1. The minimum atomic E-state index is -2.68. The number of benzene rings is 1. The quantitative estimate of drug-likeness (QED) is 0.159. The Morgan fingerprint density at radius 1 is 1.13 bits per heavy atom. The van der Waals surface area contributed by atoms with E-state index in [1.54, 1.807) is 6.07 Å². The summed E-state index contributed by atoms with van der Waals surface area (Å²) in [5.74, 6) is -10.2. The first kappa shape index (κ1) is 27.4. The predicted molar refractivity (Wildman–Crippen MR) is 138 cm³/mol. The van der Waals surface area contributed by atoms with E-state index in [1.807, 2.05) is 27.7 Å². The molecule has 2 unspecified atom stereocenters. The zero-order chi connectivity index (χ0) is 28.3. The number of rotatable bonds is 5. The molecule has 1 aromatic rings. The molecule has 0 heterocycles. The van der Waals surface area contributed by atoms with Crippen LogP contribution in [0.5, 0.6) is 5.75 Å². The number of aliphatic imine (C=N–C) groups is 1. The molecule has 0 aromatic heterocycles. The number of hydrogen-bond acceptors (Lipinski definition) is 8. The molecule has 38 heavy (non-hydrogen) atoms. The van der Waals surface area contributed by atoms with Gasteiger partial charge in [-0.3, -0.25) is 29.0 Å². The number of amides is 1. The lowest BCUT2D eigenvalue weighted by molar-refractivity contribution is -0.175. The van der Waals surface area contributed by atoms with Crippen LogP contribution < -0.4 is 16.8 Å². The van der Waals surface area contributed by atoms with Crippen molar-refractivity contribution in [3.05, 3.63) is 22.8 Å². The SMILES string of the molecule is CC(C)CN=C(N)Nc1cc(C(C)C)c2c(c1O)C(=O)C1C(=O)[C@]3(O)C(=O)C(C(N)=O)C(=O)C[C@@H]3C[C@@H]1C2. The van der Waals surface area contributed by atoms with Crippen molar-refractivity contribution in [1.82, 2.24) is 0 Å². The minimum Gasteiger partial charge on any atom is -0.505 e. The molecule has 1 aromatic carbocycles. The number of aromatic hydroxyl groups is 1. The van der Waals surface area contributed by atoms with E-state index < -0.39 is 64.1 Å². The molecular weight excluding hydrogens is 492 g/mol. The summed E-state index contributed by atoms with van der Waals surface area (Å²) in [6, 6.07) is 1.70. The fourth-order valence-electron chi connectivity index (χ4n) is 6.13. The van der Waals surface area contributed by atoms with E-state index in [0.717, 1.165) is 5.56 Å². The number of phenols is 1.